The highest BCUT2D eigenvalue weighted by Crippen LogP contribution is 2.33. The molecule has 2 aromatic carbocycles. The van der Waals surface area contributed by atoms with Gasteiger partial charge in [-0.2, -0.15) is 0 Å². The molecule has 0 spiro atoms. The zero-order chi connectivity index (χ0) is 21.5. The second-order valence-electron chi connectivity index (χ2n) is 8.64. The van der Waals surface area contributed by atoms with Crippen LogP contribution in [-0.4, -0.2) is 52.2 Å². The molecule has 0 saturated carbocycles. The van der Waals surface area contributed by atoms with Crippen LogP contribution in [0.1, 0.15) is 17.1 Å². The van der Waals surface area contributed by atoms with Crippen LogP contribution in [0.15, 0.2) is 60.9 Å². The molecule has 1 saturated heterocycles. The lowest BCUT2D eigenvalue weighted by atomic mass is 10.1. The van der Waals surface area contributed by atoms with Crippen molar-refractivity contribution in [3.63, 3.8) is 0 Å². The summed E-state index contributed by atoms with van der Waals surface area (Å²) in [6.45, 7) is 7.84. The molecule has 0 unspecified atom stereocenters. The number of fused-ring (bicyclic) bond motifs is 4. The van der Waals surface area contributed by atoms with Crippen molar-refractivity contribution in [2.45, 2.75) is 20.0 Å². The van der Waals surface area contributed by atoms with Crippen molar-refractivity contribution in [3.05, 3.63) is 78.0 Å². The Morgan fingerprint density at radius 2 is 1.78 bits per heavy atom. The highest BCUT2D eigenvalue weighted by molar-refractivity contribution is 5.92. The Hall–Kier alpha value is -3.38. The number of nitrogens with zero attached hydrogens (tertiary/aromatic N) is 5. The standard InChI is InChI=1S/C26H27N5O/c1-19-8-9-21-22(28-19)5-3-6-23(21)30-16-14-29(15-17-30)12-10-20-4-2-7-24-26(20)32-18-25-27-11-13-31(24)25/h2-9,11,13H,10,12,14-18H2,1H3. The molecule has 4 aromatic rings. The molecular weight excluding hydrogens is 398 g/mol. The van der Waals surface area contributed by atoms with Gasteiger partial charge in [-0.05, 0) is 49.2 Å². The van der Waals surface area contributed by atoms with Gasteiger partial charge >= 0.3 is 0 Å². The van der Waals surface area contributed by atoms with Crippen LogP contribution in [0, 0.1) is 6.92 Å². The summed E-state index contributed by atoms with van der Waals surface area (Å²) in [6, 6.07) is 17.2. The van der Waals surface area contributed by atoms with Crippen molar-refractivity contribution in [1.29, 1.82) is 0 Å². The summed E-state index contributed by atoms with van der Waals surface area (Å²) in [5, 5.41) is 1.25. The normalized spacial score (nSPS) is 16.0. The minimum atomic E-state index is 0.537. The topological polar surface area (TPSA) is 46.4 Å². The average Bonchev–Trinajstić information content (AvgIpc) is 3.32. The van der Waals surface area contributed by atoms with Crippen molar-refractivity contribution in [2.24, 2.45) is 0 Å². The summed E-state index contributed by atoms with van der Waals surface area (Å²) in [6.07, 6.45) is 4.85. The van der Waals surface area contributed by atoms with Gasteiger partial charge in [-0.3, -0.25) is 14.5 Å². The number of benzene rings is 2. The van der Waals surface area contributed by atoms with E-state index in [-0.39, 0.29) is 0 Å². The van der Waals surface area contributed by atoms with Crippen LogP contribution >= 0.6 is 0 Å². The minimum Gasteiger partial charge on any atom is -0.483 e. The van der Waals surface area contributed by atoms with Crippen LogP contribution in [0.25, 0.3) is 16.6 Å². The third-order valence-electron chi connectivity index (χ3n) is 6.66. The zero-order valence-corrected chi connectivity index (χ0v) is 18.4. The first-order chi connectivity index (χ1) is 15.8. The van der Waals surface area contributed by atoms with Crippen molar-refractivity contribution < 1.29 is 4.74 Å². The largest absolute Gasteiger partial charge is 0.483 e. The third-order valence-corrected chi connectivity index (χ3v) is 6.66. The molecule has 4 heterocycles. The van der Waals surface area contributed by atoms with Gasteiger partial charge in [-0.25, -0.2) is 4.98 Å². The number of ether oxygens (including phenoxy) is 1. The van der Waals surface area contributed by atoms with Crippen LogP contribution in [0.2, 0.25) is 0 Å². The molecule has 2 aliphatic heterocycles. The van der Waals surface area contributed by atoms with Crippen LogP contribution < -0.4 is 9.64 Å². The van der Waals surface area contributed by atoms with Gasteiger partial charge in [0, 0.05) is 61.9 Å². The highest BCUT2D eigenvalue weighted by Gasteiger charge is 2.22. The average molecular weight is 426 g/mol. The quantitative estimate of drug-likeness (QED) is 0.495. The first-order valence-corrected chi connectivity index (χ1v) is 11.4. The molecule has 2 aromatic heterocycles. The third kappa shape index (κ3) is 3.41. The number of hydrogen-bond donors (Lipinski definition) is 0. The zero-order valence-electron chi connectivity index (χ0n) is 18.4. The molecule has 0 aliphatic carbocycles. The summed E-state index contributed by atoms with van der Waals surface area (Å²) in [5.74, 6) is 1.97. The van der Waals surface area contributed by atoms with Gasteiger partial charge in [0.15, 0.2) is 5.82 Å². The number of para-hydroxylation sites is 1. The van der Waals surface area contributed by atoms with Crippen molar-refractivity contribution >= 4 is 16.6 Å². The first-order valence-electron chi connectivity index (χ1n) is 11.4. The van der Waals surface area contributed by atoms with Gasteiger partial charge in [0.05, 0.1) is 11.2 Å². The Kier molecular flexibility index (Phi) is 4.80. The maximum Gasteiger partial charge on any atom is 0.151 e. The van der Waals surface area contributed by atoms with E-state index < -0.39 is 0 Å². The van der Waals surface area contributed by atoms with E-state index in [4.69, 9.17) is 9.72 Å². The molecule has 0 atom stereocenters. The number of rotatable bonds is 4. The Bertz CT molecular complexity index is 1270. The van der Waals surface area contributed by atoms with Gasteiger partial charge in [-0.1, -0.05) is 18.2 Å². The van der Waals surface area contributed by atoms with Crippen LogP contribution in [0.4, 0.5) is 5.69 Å². The molecule has 1 fully saturated rings. The lowest BCUT2D eigenvalue weighted by Crippen LogP contribution is -2.47. The van der Waals surface area contributed by atoms with E-state index in [9.17, 15) is 0 Å². The molecule has 0 N–H and O–H groups in total. The second-order valence-corrected chi connectivity index (χ2v) is 8.64. The maximum absolute atomic E-state index is 6.09. The molecule has 6 nitrogen and oxygen atoms in total. The fraction of sp³-hybridized carbons (Fsp3) is 0.308. The van der Waals surface area contributed by atoms with E-state index in [2.05, 4.69) is 67.9 Å². The fourth-order valence-corrected chi connectivity index (χ4v) is 4.93. The van der Waals surface area contributed by atoms with E-state index in [0.29, 0.717) is 6.61 Å². The monoisotopic (exact) mass is 425 g/mol. The maximum atomic E-state index is 6.09. The fourth-order valence-electron chi connectivity index (χ4n) is 4.93. The van der Waals surface area contributed by atoms with Crippen LogP contribution in [0.3, 0.4) is 0 Å². The van der Waals surface area contributed by atoms with Crippen LogP contribution in [-0.2, 0) is 13.0 Å². The molecular formula is C26H27N5O. The number of anilines is 1. The number of imidazole rings is 1. The van der Waals surface area contributed by atoms with E-state index in [0.717, 1.165) is 67.6 Å². The number of piperazine rings is 1. The Morgan fingerprint density at radius 3 is 2.69 bits per heavy atom. The smallest absolute Gasteiger partial charge is 0.151 e. The SMILES string of the molecule is Cc1ccc2c(N3CCN(CCc4cccc5c4OCc4nccn4-5)CC3)cccc2n1. The molecule has 6 rings (SSSR count). The van der Waals surface area contributed by atoms with Crippen molar-refractivity contribution in [3.8, 4) is 11.4 Å². The molecule has 32 heavy (non-hydrogen) atoms. The summed E-state index contributed by atoms with van der Waals surface area (Å²) < 4.78 is 8.23. The molecule has 162 valence electrons. The Labute approximate surface area is 188 Å². The van der Waals surface area contributed by atoms with Gasteiger partial charge in [0.2, 0.25) is 0 Å². The van der Waals surface area contributed by atoms with E-state index in [1.807, 2.05) is 19.3 Å². The van der Waals surface area contributed by atoms with Gasteiger partial charge < -0.3 is 9.64 Å². The summed E-state index contributed by atoms with van der Waals surface area (Å²) in [5.41, 5.74) is 5.83. The molecule has 0 bridgehead atoms. The molecule has 2 aliphatic rings. The Morgan fingerprint density at radius 1 is 0.938 bits per heavy atom. The van der Waals surface area contributed by atoms with E-state index in [1.165, 1.54) is 16.6 Å². The molecule has 0 radical (unpaired) electrons. The van der Waals surface area contributed by atoms with Crippen molar-refractivity contribution in [2.75, 3.05) is 37.6 Å². The van der Waals surface area contributed by atoms with Gasteiger partial charge in [-0.15, -0.1) is 0 Å². The van der Waals surface area contributed by atoms with E-state index >= 15 is 0 Å². The minimum absolute atomic E-state index is 0.537. The lowest BCUT2D eigenvalue weighted by molar-refractivity contribution is 0.254. The second kappa shape index (κ2) is 7.95. The number of pyridine rings is 1. The van der Waals surface area contributed by atoms with Crippen molar-refractivity contribution in [1.82, 2.24) is 19.4 Å². The highest BCUT2D eigenvalue weighted by atomic mass is 16.5. The summed E-state index contributed by atoms with van der Waals surface area (Å²) in [7, 11) is 0. The number of aryl methyl sites for hydroxylation is 1. The van der Waals surface area contributed by atoms with E-state index in [1.54, 1.807) is 0 Å². The molecule has 0 amide bonds. The Balaban J connectivity index is 1.13. The molecule has 6 heteroatoms. The lowest BCUT2D eigenvalue weighted by Gasteiger charge is -2.36. The number of aromatic nitrogens is 3. The predicted octanol–water partition coefficient (Wildman–Crippen LogP) is 3.99. The van der Waals surface area contributed by atoms with Gasteiger partial charge in [0.1, 0.15) is 12.4 Å². The van der Waals surface area contributed by atoms with Crippen LogP contribution in [0.5, 0.6) is 5.75 Å². The summed E-state index contributed by atoms with van der Waals surface area (Å²) >= 11 is 0. The number of hydrogen-bond acceptors (Lipinski definition) is 5. The predicted molar refractivity (Wildman–Crippen MR) is 127 cm³/mol. The first kappa shape index (κ1) is 19.3. The summed E-state index contributed by atoms with van der Waals surface area (Å²) in [4.78, 5) is 14.1. The van der Waals surface area contributed by atoms with Gasteiger partial charge in [0.25, 0.3) is 0 Å².